The normalized spacial score (nSPS) is 11.5. The van der Waals surface area contributed by atoms with E-state index in [1.165, 1.54) is 0 Å². The number of carbonyl (C=O) groups excluding carboxylic acids is 1. The summed E-state index contributed by atoms with van der Waals surface area (Å²) in [7, 11) is 0. The lowest BCUT2D eigenvalue weighted by molar-refractivity contribution is 0.0935. The second kappa shape index (κ2) is 10.4. The van der Waals surface area contributed by atoms with Crippen LogP contribution in [-0.4, -0.2) is 55.9 Å². The summed E-state index contributed by atoms with van der Waals surface area (Å²) < 4.78 is 0. The number of aromatic nitrogens is 4. The van der Waals surface area contributed by atoms with Crippen LogP contribution in [0.2, 0.25) is 0 Å². The van der Waals surface area contributed by atoms with Crippen molar-refractivity contribution in [3.05, 3.63) is 66.7 Å². The van der Waals surface area contributed by atoms with Crippen LogP contribution in [0.1, 0.15) is 38.2 Å². The van der Waals surface area contributed by atoms with E-state index in [9.17, 15) is 4.79 Å². The van der Waals surface area contributed by atoms with Crippen molar-refractivity contribution in [1.29, 1.82) is 0 Å². The highest BCUT2D eigenvalue weighted by Gasteiger charge is 2.14. The van der Waals surface area contributed by atoms with Crippen LogP contribution in [0.5, 0.6) is 0 Å². The summed E-state index contributed by atoms with van der Waals surface area (Å²) >= 11 is 0. The van der Waals surface area contributed by atoms with Crippen LogP contribution in [0.3, 0.4) is 0 Å². The average molecular weight is 458 g/mol. The standard InChI is InChI=1S/C26H31N7O/c1-17(2)33(18(3)4)13-12-28-25(34)24-15-20-14-21(7-8-22(20)31-24)30-26-29-11-9-23(32-26)19-6-5-10-27-16-19/h5-11,14-18,31H,12-13H2,1-4H3,(H,28,34)(H,29,30,32). The van der Waals surface area contributed by atoms with Gasteiger partial charge in [-0.15, -0.1) is 0 Å². The van der Waals surface area contributed by atoms with E-state index in [0.717, 1.165) is 34.4 Å². The summed E-state index contributed by atoms with van der Waals surface area (Å²) in [6.07, 6.45) is 5.22. The first-order chi connectivity index (χ1) is 16.4. The monoisotopic (exact) mass is 457 g/mol. The van der Waals surface area contributed by atoms with Crippen LogP contribution in [0.4, 0.5) is 11.6 Å². The number of carbonyl (C=O) groups is 1. The maximum absolute atomic E-state index is 12.7. The summed E-state index contributed by atoms with van der Waals surface area (Å²) in [5.41, 5.74) is 4.00. The Kier molecular flexibility index (Phi) is 7.18. The Morgan fingerprint density at radius 2 is 1.88 bits per heavy atom. The highest BCUT2D eigenvalue weighted by atomic mass is 16.1. The molecule has 34 heavy (non-hydrogen) atoms. The van der Waals surface area contributed by atoms with E-state index < -0.39 is 0 Å². The molecule has 0 aliphatic heterocycles. The molecule has 8 heteroatoms. The maximum Gasteiger partial charge on any atom is 0.267 e. The Morgan fingerprint density at radius 3 is 2.62 bits per heavy atom. The first kappa shape index (κ1) is 23.4. The zero-order valence-corrected chi connectivity index (χ0v) is 20.0. The van der Waals surface area contributed by atoms with Crippen molar-refractivity contribution in [3.8, 4) is 11.3 Å². The van der Waals surface area contributed by atoms with Gasteiger partial charge in [0.1, 0.15) is 5.69 Å². The molecule has 3 N–H and O–H groups in total. The van der Waals surface area contributed by atoms with Gasteiger partial charge in [0.15, 0.2) is 0 Å². The molecule has 0 atom stereocenters. The van der Waals surface area contributed by atoms with Gasteiger partial charge in [0.25, 0.3) is 5.91 Å². The molecule has 4 rings (SSSR count). The number of anilines is 2. The highest BCUT2D eigenvalue weighted by molar-refractivity contribution is 5.98. The topological polar surface area (TPSA) is 98.8 Å². The molecular weight excluding hydrogens is 426 g/mol. The Labute approximate surface area is 199 Å². The highest BCUT2D eigenvalue weighted by Crippen LogP contribution is 2.23. The number of amides is 1. The Hall–Kier alpha value is -3.78. The number of hydrogen-bond donors (Lipinski definition) is 3. The minimum Gasteiger partial charge on any atom is -0.351 e. The van der Waals surface area contributed by atoms with Crippen molar-refractivity contribution >= 4 is 28.4 Å². The Morgan fingerprint density at radius 1 is 1.06 bits per heavy atom. The molecule has 0 fully saturated rings. The molecule has 0 unspecified atom stereocenters. The van der Waals surface area contributed by atoms with Crippen LogP contribution in [0.25, 0.3) is 22.2 Å². The molecular formula is C26H31N7O. The van der Waals surface area contributed by atoms with Crippen molar-refractivity contribution in [2.75, 3.05) is 18.4 Å². The fraction of sp³-hybridized carbons (Fsp3) is 0.308. The zero-order chi connectivity index (χ0) is 24.1. The zero-order valence-electron chi connectivity index (χ0n) is 20.0. The number of H-pyrrole nitrogens is 1. The molecule has 1 aromatic carbocycles. The Balaban J connectivity index is 1.43. The molecule has 3 heterocycles. The fourth-order valence-electron chi connectivity index (χ4n) is 4.06. The van der Waals surface area contributed by atoms with Crippen molar-refractivity contribution in [1.82, 2.24) is 30.2 Å². The van der Waals surface area contributed by atoms with Crippen molar-refractivity contribution in [2.24, 2.45) is 0 Å². The minimum absolute atomic E-state index is 0.106. The SMILES string of the molecule is CC(C)N(CCNC(=O)c1cc2cc(Nc3nccc(-c4cccnc4)n3)ccc2[nH]1)C(C)C. The summed E-state index contributed by atoms with van der Waals surface area (Å²) in [5.74, 6) is 0.389. The van der Waals surface area contributed by atoms with Crippen LogP contribution >= 0.6 is 0 Å². The smallest absolute Gasteiger partial charge is 0.267 e. The van der Waals surface area contributed by atoms with E-state index in [0.29, 0.717) is 30.3 Å². The molecule has 8 nitrogen and oxygen atoms in total. The van der Waals surface area contributed by atoms with Gasteiger partial charge in [-0.1, -0.05) is 0 Å². The van der Waals surface area contributed by atoms with E-state index in [1.54, 1.807) is 18.6 Å². The average Bonchev–Trinajstić information content (AvgIpc) is 3.25. The summed E-state index contributed by atoms with van der Waals surface area (Å²) in [6.45, 7) is 10.1. The van der Waals surface area contributed by atoms with E-state index in [1.807, 2.05) is 42.5 Å². The van der Waals surface area contributed by atoms with Gasteiger partial charge in [0, 0.05) is 65.9 Å². The number of aromatic amines is 1. The van der Waals surface area contributed by atoms with Gasteiger partial charge in [-0.3, -0.25) is 14.7 Å². The third-order valence-corrected chi connectivity index (χ3v) is 5.72. The first-order valence-corrected chi connectivity index (χ1v) is 11.6. The summed E-state index contributed by atoms with van der Waals surface area (Å²) in [5, 5.41) is 7.21. The van der Waals surface area contributed by atoms with Gasteiger partial charge in [0.2, 0.25) is 5.95 Å². The third kappa shape index (κ3) is 5.58. The van der Waals surface area contributed by atoms with Crippen LogP contribution < -0.4 is 10.6 Å². The van der Waals surface area contributed by atoms with Gasteiger partial charge in [-0.2, -0.15) is 0 Å². The molecule has 4 aromatic rings. The lowest BCUT2D eigenvalue weighted by atomic mass is 10.2. The lowest BCUT2D eigenvalue weighted by Gasteiger charge is -2.30. The van der Waals surface area contributed by atoms with E-state index in [-0.39, 0.29) is 5.91 Å². The van der Waals surface area contributed by atoms with Gasteiger partial charge in [0.05, 0.1) is 5.69 Å². The van der Waals surface area contributed by atoms with Crippen LogP contribution in [-0.2, 0) is 0 Å². The maximum atomic E-state index is 12.7. The predicted molar refractivity (Wildman–Crippen MR) is 136 cm³/mol. The van der Waals surface area contributed by atoms with Gasteiger partial charge < -0.3 is 15.6 Å². The number of hydrogen-bond acceptors (Lipinski definition) is 6. The number of nitrogens with one attached hydrogen (secondary N) is 3. The van der Waals surface area contributed by atoms with Gasteiger partial charge >= 0.3 is 0 Å². The number of fused-ring (bicyclic) bond motifs is 1. The number of rotatable bonds is 9. The second-order valence-electron chi connectivity index (χ2n) is 8.80. The third-order valence-electron chi connectivity index (χ3n) is 5.72. The molecule has 176 valence electrons. The summed E-state index contributed by atoms with van der Waals surface area (Å²) in [6, 6.07) is 14.3. The van der Waals surface area contributed by atoms with Crippen LogP contribution in [0.15, 0.2) is 61.1 Å². The molecule has 1 amide bonds. The largest absolute Gasteiger partial charge is 0.351 e. The minimum atomic E-state index is -0.106. The van der Waals surface area contributed by atoms with Gasteiger partial charge in [-0.25, -0.2) is 9.97 Å². The fourth-order valence-corrected chi connectivity index (χ4v) is 4.06. The quantitative estimate of drug-likeness (QED) is 0.339. The number of nitrogens with zero attached hydrogens (tertiary/aromatic N) is 4. The van der Waals surface area contributed by atoms with E-state index >= 15 is 0 Å². The van der Waals surface area contributed by atoms with Crippen LogP contribution in [0, 0.1) is 0 Å². The number of benzene rings is 1. The molecule has 0 saturated carbocycles. The van der Waals surface area contributed by atoms with Crippen molar-refractivity contribution in [3.63, 3.8) is 0 Å². The van der Waals surface area contributed by atoms with E-state index in [2.05, 4.69) is 63.2 Å². The molecule has 0 bridgehead atoms. The van der Waals surface area contributed by atoms with Crippen molar-refractivity contribution < 1.29 is 4.79 Å². The predicted octanol–water partition coefficient (Wildman–Crippen LogP) is 4.61. The molecule has 0 saturated heterocycles. The van der Waals surface area contributed by atoms with Gasteiger partial charge in [-0.05, 0) is 70.2 Å². The molecule has 0 aliphatic rings. The lowest BCUT2D eigenvalue weighted by Crippen LogP contribution is -2.42. The van der Waals surface area contributed by atoms with E-state index in [4.69, 9.17) is 0 Å². The molecule has 0 spiro atoms. The molecule has 0 radical (unpaired) electrons. The molecule has 3 aromatic heterocycles. The Bertz CT molecular complexity index is 1240. The van der Waals surface area contributed by atoms with Crippen molar-refractivity contribution in [2.45, 2.75) is 39.8 Å². The first-order valence-electron chi connectivity index (χ1n) is 11.6. The molecule has 0 aliphatic carbocycles. The number of pyridine rings is 1. The summed E-state index contributed by atoms with van der Waals surface area (Å²) in [4.78, 5) is 31.3. The second-order valence-corrected chi connectivity index (χ2v) is 8.80.